The van der Waals surface area contributed by atoms with Crippen LogP contribution in [0.25, 0.3) is 0 Å². The van der Waals surface area contributed by atoms with Gasteiger partial charge in [0.15, 0.2) is 0 Å². The number of pyridine rings is 1. The molecule has 1 N–H and O–H groups in total. The number of nitrogens with zero attached hydrogens (tertiary/aromatic N) is 2. The molecule has 1 aliphatic heterocycles. The van der Waals surface area contributed by atoms with Crippen LogP contribution >= 0.6 is 0 Å². The number of fused-ring (bicyclic) bond motifs is 1. The molecule has 100 valence electrons. The van der Waals surface area contributed by atoms with Crippen molar-refractivity contribution in [1.82, 2.24) is 4.98 Å². The first kappa shape index (κ1) is 12.9. The van der Waals surface area contributed by atoms with E-state index in [1.165, 1.54) is 23.2 Å². The maximum Gasteiger partial charge on any atom is 0.414 e. The van der Waals surface area contributed by atoms with Crippen LogP contribution in [0, 0.1) is 0 Å². The minimum Gasteiger partial charge on any atom is -0.478 e. The maximum atomic E-state index is 11.8. The number of aromatic carboxylic acids is 1. The molecule has 0 atom stereocenters. The van der Waals surface area contributed by atoms with Gasteiger partial charge >= 0.3 is 12.1 Å². The molecular formula is C12H12N2O5. The summed E-state index contributed by atoms with van der Waals surface area (Å²) in [6.45, 7) is 4.07. The number of ether oxygens (including phenoxy) is 2. The van der Waals surface area contributed by atoms with E-state index in [9.17, 15) is 9.59 Å². The lowest BCUT2D eigenvalue weighted by Crippen LogP contribution is -2.38. The second-order valence-corrected chi connectivity index (χ2v) is 3.72. The van der Waals surface area contributed by atoms with E-state index < -0.39 is 12.1 Å². The van der Waals surface area contributed by atoms with Gasteiger partial charge < -0.3 is 14.6 Å². The molecule has 0 saturated heterocycles. The lowest BCUT2D eigenvalue weighted by molar-refractivity contribution is 0.0696. The Morgan fingerprint density at radius 1 is 1.63 bits per heavy atom. The van der Waals surface area contributed by atoms with Crippen LogP contribution in [0.2, 0.25) is 0 Å². The number of aromatic nitrogens is 1. The van der Waals surface area contributed by atoms with E-state index in [4.69, 9.17) is 14.6 Å². The van der Waals surface area contributed by atoms with Crippen molar-refractivity contribution in [2.45, 2.75) is 0 Å². The molecule has 1 aliphatic rings. The van der Waals surface area contributed by atoms with Gasteiger partial charge in [-0.1, -0.05) is 12.7 Å². The second kappa shape index (κ2) is 5.38. The monoisotopic (exact) mass is 264 g/mol. The molecule has 0 saturated carbocycles. The minimum atomic E-state index is -1.12. The van der Waals surface area contributed by atoms with Gasteiger partial charge in [-0.2, -0.15) is 0 Å². The molecule has 7 heteroatoms. The zero-order valence-electron chi connectivity index (χ0n) is 10.0. The van der Waals surface area contributed by atoms with Crippen molar-refractivity contribution in [3.8, 4) is 5.88 Å². The van der Waals surface area contributed by atoms with E-state index in [1.807, 2.05) is 0 Å². The van der Waals surface area contributed by atoms with E-state index >= 15 is 0 Å². The summed E-state index contributed by atoms with van der Waals surface area (Å²) in [5.74, 6) is -0.910. The summed E-state index contributed by atoms with van der Waals surface area (Å²) in [5, 5.41) is 8.92. The van der Waals surface area contributed by atoms with Gasteiger partial charge in [0.05, 0.1) is 12.1 Å². The number of carbonyl (C=O) groups is 2. The fourth-order valence-electron chi connectivity index (χ4n) is 1.61. The number of hydrogen-bond acceptors (Lipinski definition) is 5. The number of amides is 1. The van der Waals surface area contributed by atoms with Crippen molar-refractivity contribution in [2.75, 3.05) is 24.7 Å². The zero-order chi connectivity index (χ0) is 13.8. The Morgan fingerprint density at radius 2 is 2.42 bits per heavy atom. The van der Waals surface area contributed by atoms with Gasteiger partial charge in [0.25, 0.3) is 0 Å². The topological polar surface area (TPSA) is 89.0 Å². The summed E-state index contributed by atoms with van der Waals surface area (Å²) in [5.41, 5.74) is 0.269. The highest BCUT2D eigenvalue weighted by molar-refractivity contribution is 5.93. The molecule has 0 spiro atoms. The van der Waals surface area contributed by atoms with Crippen molar-refractivity contribution in [3.63, 3.8) is 0 Å². The highest BCUT2D eigenvalue weighted by Gasteiger charge is 2.27. The van der Waals surface area contributed by atoms with E-state index in [-0.39, 0.29) is 31.2 Å². The molecule has 0 bridgehead atoms. The predicted octanol–water partition coefficient (Wildman–Crippen LogP) is 1.30. The Balaban J connectivity index is 2.31. The smallest absolute Gasteiger partial charge is 0.414 e. The Hall–Kier alpha value is -2.57. The predicted molar refractivity (Wildman–Crippen MR) is 65.6 cm³/mol. The van der Waals surface area contributed by atoms with E-state index in [2.05, 4.69) is 11.6 Å². The molecule has 1 amide bonds. The molecule has 0 fully saturated rings. The molecule has 7 nitrogen and oxygen atoms in total. The standard InChI is InChI=1S/C12H12N2O5/c1-2-4-19-12(17)14-3-5-18-10-9(14)6-8(7-13-10)11(15)16/h2,6-7H,1,3-5H2,(H,15,16). The average Bonchev–Trinajstić information content (AvgIpc) is 2.43. The summed E-state index contributed by atoms with van der Waals surface area (Å²) >= 11 is 0. The number of carboxylic acids is 1. The maximum absolute atomic E-state index is 11.8. The molecule has 0 aromatic carbocycles. The molecule has 0 aliphatic carbocycles. The van der Waals surface area contributed by atoms with Gasteiger partial charge in [0.1, 0.15) is 18.9 Å². The number of carboxylic acid groups (broad SMARTS) is 1. The zero-order valence-corrected chi connectivity index (χ0v) is 10.0. The summed E-state index contributed by atoms with van der Waals surface area (Å²) < 4.78 is 10.2. The molecule has 1 aromatic heterocycles. The highest BCUT2D eigenvalue weighted by Crippen LogP contribution is 2.30. The van der Waals surface area contributed by atoms with Crippen LogP contribution in [0.3, 0.4) is 0 Å². The van der Waals surface area contributed by atoms with E-state index in [1.54, 1.807) is 0 Å². The van der Waals surface area contributed by atoms with Gasteiger partial charge in [0, 0.05) is 6.20 Å². The number of hydrogen-bond donors (Lipinski definition) is 1. The third-order valence-electron chi connectivity index (χ3n) is 2.47. The Bertz CT molecular complexity index is 529. The van der Waals surface area contributed by atoms with Crippen LogP contribution in [0.15, 0.2) is 24.9 Å². The third kappa shape index (κ3) is 2.65. The molecule has 2 heterocycles. The lowest BCUT2D eigenvalue weighted by atomic mass is 10.2. The van der Waals surface area contributed by atoms with Gasteiger partial charge in [-0.25, -0.2) is 14.6 Å². The molecule has 0 radical (unpaired) electrons. The van der Waals surface area contributed by atoms with Crippen LogP contribution < -0.4 is 9.64 Å². The molecular weight excluding hydrogens is 252 g/mol. The summed E-state index contributed by atoms with van der Waals surface area (Å²) in [6, 6.07) is 1.33. The van der Waals surface area contributed by atoms with Gasteiger partial charge in [-0.05, 0) is 6.07 Å². The summed E-state index contributed by atoms with van der Waals surface area (Å²) in [6.07, 6.45) is 2.04. The van der Waals surface area contributed by atoms with Gasteiger partial charge in [-0.3, -0.25) is 4.90 Å². The third-order valence-corrected chi connectivity index (χ3v) is 2.47. The summed E-state index contributed by atoms with van der Waals surface area (Å²) in [4.78, 5) is 27.9. The SMILES string of the molecule is C=CCOC(=O)N1CCOc2ncc(C(=O)O)cc21. The first-order valence-electron chi connectivity index (χ1n) is 5.55. The van der Waals surface area contributed by atoms with Crippen LogP contribution in [-0.4, -0.2) is 41.9 Å². The largest absolute Gasteiger partial charge is 0.478 e. The van der Waals surface area contributed by atoms with Crippen LogP contribution in [-0.2, 0) is 4.74 Å². The van der Waals surface area contributed by atoms with Crippen LogP contribution in [0.1, 0.15) is 10.4 Å². The normalized spacial score (nSPS) is 13.2. The first-order chi connectivity index (χ1) is 9.13. The van der Waals surface area contributed by atoms with Crippen molar-refractivity contribution >= 4 is 17.7 Å². The van der Waals surface area contributed by atoms with Gasteiger partial charge in [0.2, 0.25) is 5.88 Å². The lowest BCUT2D eigenvalue weighted by Gasteiger charge is -2.27. The second-order valence-electron chi connectivity index (χ2n) is 3.72. The van der Waals surface area contributed by atoms with Gasteiger partial charge in [-0.15, -0.1) is 0 Å². The number of rotatable bonds is 3. The fourth-order valence-corrected chi connectivity index (χ4v) is 1.61. The summed E-state index contributed by atoms with van der Waals surface area (Å²) in [7, 11) is 0. The van der Waals surface area contributed by atoms with E-state index in [0.717, 1.165) is 0 Å². The Kier molecular flexibility index (Phi) is 3.65. The van der Waals surface area contributed by atoms with Crippen molar-refractivity contribution < 1.29 is 24.2 Å². The Morgan fingerprint density at radius 3 is 3.11 bits per heavy atom. The molecule has 2 rings (SSSR count). The van der Waals surface area contributed by atoms with Crippen molar-refractivity contribution in [1.29, 1.82) is 0 Å². The molecule has 0 unspecified atom stereocenters. The highest BCUT2D eigenvalue weighted by atomic mass is 16.6. The van der Waals surface area contributed by atoms with Crippen LogP contribution in [0.4, 0.5) is 10.5 Å². The molecule has 1 aromatic rings. The quantitative estimate of drug-likeness (QED) is 0.828. The average molecular weight is 264 g/mol. The van der Waals surface area contributed by atoms with Crippen LogP contribution in [0.5, 0.6) is 5.88 Å². The minimum absolute atomic E-state index is 0.0224. The first-order valence-corrected chi connectivity index (χ1v) is 5.55. The van der Waals surface area contributed by atoms with Crippen molar-refractivity contribution in [2.24, 2.45) is 0 Å². The number of anilines is 1. The Labute approximate surface area is 109 Å². The van der Waals surface area contributed by atoms with Crippen molar-refractivity contribution in [3.05, 3.63) is 30.5 Å². The number of carbonyl (C=O) groups excluding carboxylic acids is 1. The van der Waals surface area contributed by atoms with E-state index in [0.29, 0.717) is 5.69 Å². The fraction of sp³-hybridized carbons (Fsp3) is 0.250. The molecule has 19 heavy (non-hydrogen) atoms.